The SMILES string of the molecule is COC(C)(C)C(=O)N1CCSc2ccccc21. The van der Waals surface area contributed by atoms with Gasteiger partial charge in [-0.1, -0.05) is 12.1 Å². The number of methoxy groups -OCH3 is 1. The van der Waals surface area contributed by atoms with Crippen molar-refractivity contribution in [1.29, 1.82) is 0 Å². The average molecular weight is 251 g/mol. The molecule has 0 spiro atoms. The lowest BCUT2D eigenvalue weighted by atomic mass is 10.1. The number of hydrogen-bond acceptors (Lipinski definition) is 3. The van der Waals surface area contributed by atoms with Crippen LogP contribution in [0.3, 0.4) is 0 Å². The molecule has 0 bridgehead atoms. The van der Waals surface area contributed by atoms with Crippen molar-refractivity contribution in [2.45, 2.75) is 24.3 Å². The predicted octanol–water partition coefficient (Wildman–Crippen LogP) is 2.55. The second kappa shape index (κ2) is 4.70. The molecule has 0 fully saturated rings. The number of benzene rings is 1. The highest BCUT2D eigenvalue weighted by Gasteiger charge is 2.34. The Labute approximate surface area is 106 Å². The third-order valence-electron chi connectivity index (χ3n) is 3.00. The van der Waals surface area contributed by atoms with Crippen molar-refractivity contribution in [1.82, 2.24) is 0 Å². The normalized spacial score (nSPS) is 15.6. The lowest BCUT2D eigenvalue weighted by Gasteiger charge is -2.34. The third kappa shape index (κ3) is 2.33. The van der Waals surface area contributed by atoms with Crippen molar-refractivity contribution < 1.29 is 9.53 Å². The van der Waals surface area contributed by atoms with Crippen LogP contribution in [0.4, 0.5) is 5.69 Å². The highest BCUT2D eigenvalue weighted by molar-refractivity contribution is 7.99. The van der Waals surface area contributed by atoms with Crippen LogP contribution in [-0.4, -0.2) is 30.9 Å². The fourth-order valence-electron chi connectivity index (χ4n) is 1.79. The summed E-state index contributed by atoms with van der Waals surface area (Å²) in [6, 6.07) is 8.01. The Morgan fingerprint density at radius 3 is 2.82 bits per heavy atom. The Bertz CT molecular complexity index is 431. The molecule has 1 aliphatic heterocycles. The van der Waals surface area contributed by atoms with Gasteiger partial charge in [0.2, 0.25) is 0 Å². The second-order valence-electron chi connectivity index (χ2n) is 4.49. The smallest absolute Gasteiger partial charge is 0.258 e. The number of rotatable bonds is 2. The van der Waals surface area contributed by atoms with Crippen LogP contribution in [0, 0.1) is 0 Å². The number of hydrogen-bond donors (Lipinski definition) is 0. The number of anilines is 1. The number of nitrogens with zero attached hydrogens (tertiary/aromatic N) is 1. The van der Waals surface area contributed by atoms with Gasteiger partial charge in [-0.25, -0.2) is 0 Å². The van der Waals surface area contributed by atoms with Gasteiger partial charge in [-0.15, -0.1) is 11.8 Å². The van der Waals surface area contributed by atoms with E-state index in [0.717, 1.165) is 18.0 Å². The van der Waals surface area contributed by atoms with Crippen LogP contribution in [0.1, 0.15) is 13.8 Å². The molecule has 1 heterocycles. The molecular formula is C13H17NO2S. The van der Waals surface area contributed by atoms with Crippen LogP contribution in [0.15, 0.2) is 29.2 Å². The molecule has 3 nitrogen and oxygen atoms in total. The van der Waals surface area contributed by atoms with Crippen molar-refractivity contribution in [2.75, 3.05) is 24.3 Å². The van der Waals surface area contributed by atoms with E-state index in [1.807, 2.05) is 23.1 Å². The number of carbonyl (C=O) groups is 1. The minimum absolute atomic E-state index is 0.0211. The molecule has 0 aliphatic carbocycles. The van der Waals surface area contributed by atoms with Gasteiger partial charge in [0.05, 0.1) is 5.69 Å². The second-order valence-corrected chi connectivity index (χ2v) is 5.62. The molecule has 0 atom stereocenters. The van der Waals surface area contributed by atoms with Crippen LogP contribution in [0.2, 0.25) is 0 Å². The molecule has 0 N–H and O–H groups in total. The van der Waals surface area contributed by atoms with Crippen molar-refractivity contribution in [3.63, 3.8) is 0 Å². The monoisotopic (exact) mass is 251 g/mol. The molecule has 1 amide bonds. The number of carbonyl (C=O) groups excluding carboxylic acids is 1. The molecule has 17 heavy (non-hydrogen) atoms. The van der Waals surface area contributed by atoms with E-state index < -0.39 is 5.60 Å². The maximum Gasteiger partial charge on any atom is 0.258 e. The summed E-state index contributed by atoms with van der Waals surface area (Å²) in [6.45, 7) is 4.35. The summed E-state index contributed by atoms with van der Waals surface area (Å²) < 4.78 is 5.27. The van der Waals surface area contributed by atoms with Crippen LogP contribution >= 0.6 is 11.8 Å². The van der Waals surface area contributed by atoms with Crippen LogP contribution in [0.5, 0.6) is 0 Å². The Morgan fingerprint density at radius 2 is 2.12 bits per heavy atom. The van der Waals surface area contributed by atoms with E-state index in [4.69, 9.17) is 4.74 Å². The quantitative estimate of drug-likeness (QED) is 0.809. The zero-order valence-corrected chi connectivity index (χ0v) is 11.2. The number of fused-ring (bicyclic) bond motifs is 1. The molecule has 1 aliphatic rings. The summed E-state index contributed by atoms with van der Waals surface area (Å²) in [5.74, 6) is 0.954. The fourth-order valence-corrected chi connectivity index (χ4v) is 2.79. The lowest BCUT2D eigenvalue weighted by molar-refractivity contribution is -0.136. The molecule has 4 heteroatoms. The molecule has 0 aromatic heterocycles. The Morgan fingerprint density at radius 1 is 1.41 bits per heavy atom. The molecule has 1 aromatic carbocycles. The zero-order valence-electron chi connectivity index (χ0n) is 10.4. The summed E-state index contributed by atoms with van der Waals surface area (Å²) in [6.07, 6.45) is 0. The van der Waals surface area contributed by atoms with Gasteiger partial charge in [-0.05, 0) is 26.0 Å². The van der Waals surface area contributed by atoms with Crippen LogP contribution in [-0.2, 0) is 9.53 Å². The van der Waals surface area contributed by atoms with Crippen molar-refractivity contribution in [3.05, 3.63) is 24.3 Å². The van der Waals surface area contributed by atoms with Crippen molar-refractivity contribution in [2.24, 2.45) is 0 Å². The molecule has 0 saturated heterocycles. The van der Waals surface area contributed by atoms with Gasteiger partial charge in [0.15, 0.2) is 0 Å². The van der Waals surface area contributed by atoms with Gasteiger partial charge in [0.1, 0.15) is 5.60 Å². The summed E-state index contributed by atoms with van der Waals surface area (Å²) in [4.78, 5) is 15.4. The molecule has 1 aromatic rings. The van der Waals surface area contributed by atoms with Crippen molar-refractivity contribution in [3.8, 4) is 0 Å². The average Bonchev–Trinajstić information content (AvgIpc) is 2.37. The van der Waals surface area contributed by atoms with E-state index in [2.05, 4.69) is 6.07 Å². The van der Waals surface area contributed by atoms with Gasteiger partial charge in [0.25, 0.3) is 5.91 Å². The van der Waals surface area contributed by atoms with E-state index in [1.54, 1.807) is 32.7 Å². The minimum atomic E-state index is -0.769. The first kappa shape index (κ1) is 12.5. The van der Waals surface area contributed by atoms with E-state index >= 15 is 0 Å². The zero-order chi connectivity index (χ0) is 12.5. The molecule has 0 unspecified atom stereocenters. The number of thioether (sulfide) groups is 1. The van der Waals surface area contributed by atoms with Crippen LogP contribution < -0.4 is 4.90 Å². The molecule has 2 rings (SSSR count). The third-order valence-corrected chi connectivity index (χ3v) is 4.04. The Hall–Kier alpha value is -1.00. The fraction of sp³-hybridized carbons (Fsp3) is 0.462. The number of amides is 1. The van der Waals surface area contributed by atoms with E-state index in [0.29, 0.717) is 0 Å². The lowest BCUT2D eigenvalue weighted by Crippen LogP contribution is -2.48. The first-order valence-corrected chi connectivity index (χ1v) is 6.64. The van der Waals surface area contributed by atoms with Gasteiger partial charge in [-0.2, -0.15) is 0 Å². The first-order valence-electron chi connectivity index (χ1n) is 5.65. The topological polar surface area (TPSA) is 29.5 Å². The molecule has 92 valence electrons. The standard InChI is InChI=1S/C13H17NO2S/c1-13(2,16-3)12(15)14-8-9-17-11-7-5-4-6-10(11)14/h4-7H,8-9H2,1-3H3. The summed E-state index contributed by atoms with van der Waals surface area (Å²) in [5, 5.41) is 0. The Kier molecular flexibility index (Phi) is 3.45. The number of ether oxygens (including phenoxy) is 1. The summed E-state index contributed by atoms with van der Waals surface area (Å²) in [7, 11) is 1.57. The number of para-hydroxylation sites is 1. The molecule has 0 saturated carbocycles. The Balaban J connectivity index is 2.33. The van der Waals surface area contributed by atoms with Gasteiger partial charge in [0, 0.05) is 24.3 Å². The van der Waals surface area contributed by atoms with Gasteiger partial charge >= 0.3 is 0 Å². The minimum Gasteiger partial charge on any atom is -0.369 e. The first-order chi connectivity index (χ1) is 8.06. The van der Waals surface area contributed by atoms with E-state index in [9.17, 15) is 4.79 Å². The van der Waals surface area contributed by atoms with E-state index in [-0.39, 0.29) is 5.91 Å². The molecular weight excluding hydrogens is 234 g/mol. The predicted molar refractivity (Wildman–Crippen MR) is 70.6 cm³/mol. The van der Waals surface area contributed by atoms with Crippen LogP contribution in [0.25, 0.3) is 0 Å². The maximum absolute atomic E-state index is 12.4. The van der Waals surface area contributed by atoms with Gasteiger partial charge in [-0.3, -0.25) is 4.79 Å². The summed E-state index contributed by atoms with van der Waals surface area (Å²) >= 11 is 1.79. The highest BCUT2D eigenvalue weighted by atomic mass is 32.2. The van der Waals surface area contributed by atoms with Gasteiger partial charge < -0.3 is 9.64 Å². The maximum atomic E-state index is 12.4. The van der Waals surface area contributed by atoms with Crippen molar-refractivity contribution >= 4 is 23.4 Å². The molecule has 0 radical (unpaired) electrons. The highest BCUT2D eigenvalue weighted by Crippen LogP contribution is 2.35. The summed E-state index contributed by atoms with van der Waals surface area (Å²) in [5.41, 5.74) is 0.230. The largest absolute Gasteiger partial charge is 0.369 e. The van der Waals surface area contributed by atoms with E-state index in [1.165, 1.54) is 4.90 Å².